The van der Waals surface area contributed by atoms with Crippen molar-refractivity contribution >= 4 is 18.0 Å². The summed E-state index contributed by atoms with van der Waals surface area (Å²) in [5.74, 6) is -1.46. The first-order valence-electron chi connectivity index (χ1n) is 12.7. The molecule has 1 N–H and O–H groups in total. The van der Waals surface area contributed by atoms with Crippen LogP contribution in [0.25, 0.3) is 0 Å². The number of rotatable bonds is 8. The van der Waals surface area contributed by atoms with Gasteiger partial charge in [-0.25, -0.2) is 9.59 Å². The normalized spacial score (nSPS) is 20.9. The van der Waals surface area contributed by atoms with Crippen LogP contribution in [0.3, 0.4) is 0 Å². The smallest absolute Gasteiger partial charge is 0.410 e. The first-order valence-corrected chi connectivity index (χ1v) is 12.7. The van der Waals surface area contributed by atoms with Gasteiger partial charge in [0.1, 0.15) is 17.2 Å². The Kier molecular flexibility index (Phi) is 9.94. The first-order chi connectivity index (χ1) is 16.6. The minimum absolute atomic E-state index is 0.0367. The van der Waals surface area contributed by atoms with Crippen LogP contribution in [0.1, 0.15) is 73.8 Å². The van der Waals surface area contributed by atoms with Crippen molar-refractivity contribution in [2.75, 3.05) is 7.11 Å². The van der Waals surface area contributed by atoms with Crippen LogP contribution < -0.4 is 5.32 Å². The Bertz CT molecular complexity index is 890. The molecule has 2 amide bonds. The third-order valence-electron chi connectivity index (χ3n) is 6.16. The van der Waals surface area contributed by atoms with Crippen LogP contribution in [-0.2, 0) is 30.2 Å². The molecule has 8 heteroatoms. The SMILES string of the molecule is COC(C(C)C(=O)NC(Cc1ccccc1)C(=O)OC(C)(C)C)[C@@H]1CC[C@H](C)N1C(=O)OC(C)(C)C. The lowest BCUT2D eigenvalue weighted by Gasteiger charge is -2.36. The zero-order valence-electron chi connectivity index (χ0n) is 23.3. The van der Waals surface area contributed by atoms with Gasteiger partial charge in [0.25, 0.3) is 0 Å². The van der Waals surface area contributed by atoms with Crippen LogP contribution >= 0.6 is 0 Å². The van der Waals surface area contributed by atoms with E-state index < -0.39 is 41.3 Å². The fourth-order valence-corrected chi connectivity index (χ4v) is 4.53. The largest absolute Gasteiger partial charge is 0.458 e. The molecule has 5 atom stereocenters. The Labute approximate surface area is 216 Å². The van der Waals surface area contributed by atoms with Gasteiger partial charge < -0.3 is 19.5 Å². The van der Waals surface area contributed by atoms with Gasteiger partial charge >= 0.3 is 12.1 Å². The van der Waals surface area contributed by atoms with Crippen molar-refractivity contribution in [3.05, 3.63) is 35.9 Å². The van der Waals surface area contributed by atoms with E-state index in [1.54, 1.807) is 39.7 Å². The fourth-order valence-electron chi connectivity index (χ4n) is 4.53. The highest BCUT2D eigenvalue weighted by atomic mass is 16.6. The lowest BCUT2D eigenvalue weighted by molar-refractivity contribution is -0.159. The van der Waals surface area contributed by atoms with Crippen molar-refractivity contribution in [3.63, 3.8) is 0 Å². The molecule has 36 heavy (non-hydrogen) atoms. The Morgan fingerprint density at radius 3 is 2.11 bits per heavy atom. The number of nitrogens with one attached hydrogen (secondary N) is 1. The molecule has 3 unspecified atom stereocenters. The lowest BCUT2D eigenvalue weighted by atomic mass is 9.94. The molecule has 0 bridgehead atoms. The number of benzene rings is 1. The van der Waals surface area contributed by atoms with E-state index in [-0.39, 0.29) is 18.0 Å². The van der Waals surface area contributed by atoms with Crippen molar-refractivity contribution in [1.82, 2.24) is 10.2 Å². The molecule has 0 aliphatic carbocycles. The molecule has 2 rings (SSSR count). The molecule has 8 nitrogen and oxygen atoms in total. The molecule has 0 spiro atoms. The van der Waals surface area contributed by atoms with Gasteiger partial charge in [0.15, 0.2) is 0 Å². The molecule has 1 fully saturated rings. The average molecular weight is 505 g/mol. The quantitative estimate of drug-likeness (QED) is 0.524. The maximum atomic E-state index is 13.4. The Morgan fingerprint density at radius 2 is 1.58 bits per heavy atom. The molecule has 1 heterocycles. The number of methoxy groups -OCH3 is 1. The van der Waals surface area contributed by atoms with Crippen molar-refractivity contribution in [3.8, 4) is 0 Å². The van der Waals surface area contributed by atoms with E-state index in [0.29, 0.717) is 12.8 Å². The lowest BCUT2D eigenvalue weighted by Crippen LogP contribution is -2.54. The molecule has 1 aromatic carbocycles. The molecule has 0 radical (unpaired) electrons. The van der Waals surface area contributed by atoms with Crippen molar-refractivity contribution in [2.24, 2.45) is 5.92 Å². The fraction of sp³-hybridized carbons (Fsp3) is 0.679. The molecule has 1 aliphatic rings. The van der Waals surface area contributed by atoms with Crippen molar-refractivity contribution in [2.45, 2.75) is 110 Å². The average Bonchev–Trinajstić information content (AvgIpc) is 3.13. The van der Waals surface area contributed by atoms with Gasteiger partial charge in [-0.05, 0) is 66.9 Å². The van der Waals surface area contributed by atoms with Gasteiger partial charge in [-0.3, -0.25) is 9.69 Å². The molecular weight excluding hydrogens is 460 g/mol. The number of carbonyl (C=O) groups excluding carboxylic acids is 3. The van der Waals surface area contributed by atoms with E-state index in [0.717, 1.165) is 12.0 Å². The van der Waals surface area contributed by atoms with Crippen LogP contribution in [-0.4, -0.2) is 65.4 Å². The third kappa shape index (κ3) is 8.50. The van der Waals surface area contributed by atoms with Crippen LogP contribution in [0.4, 0.5) is 4.79 Å². The summed E-state index contributed by atoms with van der Waals surface area (Å²) in [7, 11) is 1.54. The van der Waals surface area contributed by atoms with Crippen LogP contribution in [0, 0.1) is 5.92 Å². The maximum absolute atomic E-state index is 13.4. The highest BCUT2D eigenvalue weighted by Crippen LogP contribution is 2.32. The summed E-state index contributed by atoms with van der Waals surface area (Å²) in [6.07, 6.45) is 0.792. The number of hydrogen-bond donors (Lipinski definition) is 1. The van der Waals surface area contributed by atoms with Crippen LogP contribution in [0.2, 0.25) is 0 Å². The zero-order chi connectivity index (χ0) is 27.3. The second-order valence-electron chi connectivity index (χ2n) is 11.7. The number of likely N-dealkylation sites (tertiary alicyclic amines) is 1. The van der Waals surface area contributed by atoms with E-state index in [1.165, 1.54) is 0 Å². The molecule has 1 aliphatic heterocycles. The third-order valence-corrected chi connectivity index (χ3v) is 6.16. The van der Waals surface area contributed by atoms with Crippen LogP contribution in [0.5, 0.6) is 0 Å². The minimum Gasteiger partial charge on any atom is -0.458 e. The van der Waals surface area contributed by atoms with E-state index in [4.69, 9.17) is 14.2 Å². The summed E-state index contributed by atoms with van der Waals surface area (Å²) in [4.78, 5) is 41.1. The van der Waals surface area contributed by atoms with Crippen molar-refractivity contribution in [1.29, 1.82) is 0 Å². The monoisotopic (exact) mass is 504 g/mol. The number of esters is 1. The first kappa shape index (κ1) is 29.6. The minimum atomic E-state index is -0.858. The van der Waals surface area contributed by atoms with E-state index in [9.17, 15) is 14.4 Å². The predicted molar refractivity (Wildman–Crippen MR) is 138 cm³/mol. The van der Waals surface area contributed by atoms with E-state index in [1.807, 2.05) is 58.0 Å². The molecular formula is C28H44N2O6. The highest BCUT2D eigenvalue weighted by molar-refractivity contribution is 5.86. The molecule has 1 saturated heterocycles. The van der Waals surface area contributed by atoms with Gasteiger partial charge in [0.05, 0.1) is 18.1 Å². The number of ether oxygens (including phenoxy) is 3. The van der Waals surface area contributed by atoms with Crippen LogP contribution in [0.15, 0.2) is 30.3 Å². The maximum Gasteiger partial charge on any atom is 0.410 e. The standard InChI is InChI=1S/C28H44N2O6/c1-18-15-16-22(30(18)26(33)36-28(6,7)8)23(34-9)19(2)24(31)29-21(25(32)35-27(3,4)5)17-20-13-11-10-12-14-20/h10-14,18-19,21-23H,15-17H2,1-9H3,(H,29,31)/t18-,19?,21?,22-,23?/m0/s1. The van der Waals surface area contributed by atoms with Crippen molar-refractivity contribution < 1.29 is 28.6 Å². The zero-order valence-corrected chi connectivity index (χ0v) is 23.3. The number of amides is 2. The summed E-state index contributed by atoms with van der Waals surface area (Å²) in [6.45, 7) is 14.6. The van der Waals surface area contributed by atoms with Gasteiger partial charge in [-0.15, -0.1) is 0 Å². The number of nitrogens with zero attached hydrogens (tertiary/aromatic N) is 1. The summed E-state index contributed by atoms with van der Waals surface area (Å²) in [6, 6.07) is 8.27. The molecule has 1 aromatic rings. The van der Waals surface area contributed by atoms with Gasteiger partial charge in [-0.2, -0.15) is 0 Å². The van der Waals surface area contributed by atoms with E-state index >= 15 is 0 Å². The summed E-state index contributed by atoms with van der Waals surface area (Å²) in [5, 5.41) is 2.89. The van der Waals surface area contributed by atoms with Gasteiger partial charge in [-0.1, -0.05) is 37.3 Å². The second kappa shape index (κ2) is 12.1. The summed E-state index contributed by atoms with van der Waals surface area (Å²) >= 11 is 0. The highest BCUT2D eigenvalue weighted by Gasteiger charge is 2.44. The molecule has 0 aromatic heterocycles. The summed E-state index contributed by atoms with van der Waals surface area (Å²) in [5.41, 5.74) is -0.413. The number of hydrogen-bond acceptors (Lipinski definition) is 6. The molecule has 0 saturated carbocycles. The summed E-state index contributed by atoms with van der Waals surface area (Å²) < 4.78 is 17.0. The second-order valence-corrected chi connectivity index (χ2v) is 11.7. The molecule has 202 valence electrons. The Hall–Kier alpha value is -2.61. The van der Waals surface area contributed by atoms with Gasteiger partial charge in [0.2, 0.25) is 5.91 Å². The topological polar surface area (TPSA) is 94.2 Å². The van der Waals surface area contributed by atoms with E-state index in [2.05, 4.69) is 5.32 Å². The predicted octanol–water partition coefficient (Wildman–Crippen LogP) is 4.49. The Balaban J connectivity index is 2.21. The van der Waals surface area contributed by atoms with Gasteiger partial charge in [0, 0.05) is 19.6 Å². The Morgan fingerprint density at radius 1 is 1.00 bits per heavy atom. The number of carbonyl (C=O) groups is 3.